The van der Waals surface area contributed by atoms with Crippen LogP contribution in [0.3, 0.4) is 0 Å². The topological polar surface area (TPSA) is 64.4 Å². The molecule has 0 spiro atoms. The highest BCUT2D eigenvalue weighted by Gasteiger charge is 2.15. The van der Waals surface area contributed by atoms with Gasteiger partial charge in [0.25, 0.3) is 5.69 Å². The molecule has 0 saturated carbocycles. The molecule has 1 N–H and O–H groups in total. The SMILES string of the molecule is COc1ccc([N+](=O)[O-])cc1CNCC1CSCCS1. The number of hydrogen-bond acceptors (Lipinski definition) is 6. The molecule has 1 aromatic carbocycles. The minimum absolute atomic E-state index is 0.102. The third-order valence-electron chi connectivity index (χ3n) is 3.05. The van der Waals surface area contributed by atoms with Crippen molar-refractivity contribution in [1.29, 1.82) is 0 Å². The number of non-ortho nitro benzene ring substituents is 1. The summed E-state index contributed by atoms with van der Waals surface area (Å²) in [5.74, 6) is 4.30. The van der Waals surface area contributed by atoms with Gasteiger partial charge in [0, 0.05) is 53.3 Å². The van der Waals surface area contributed by atoms with Gasteiger partial charge in [-0.25, -0.2) is 0 Å². The summed E-state index contributed by atoms with van der Waals surface area (Å²) in [7, 11) is 1.58. The first kappa shape index (κ1) is 15.5. The van der Waals surface area contributed by atoms with E-state index in [1.165, 1.54) is 23.3 Å². The number of ether oxygens (including phenoxy) is 1. The molecule has 1 aromatic rings. The Kier molecular flexibility index (Phi) is 6.00. The van der Waals surface area contributed by atoms with Crippen LogP contribution in [0.15, 0.2) is 18.2 Å². The fourth-order valence-electron chi connectivity index (χ4n) is 2.04. The summed E-state index contributed by atoms with van der Waals surface area (Å²) in [4.78, 5) is 10.4. The molecular formula is C13H18N2O3S2. The van der Waals surface area contributed by atoms with Crippen LogP contribution in [-0.4, -0.2) is 41.1 Å². The highest BCUT2D eigenvalue weighted by molar-refractivity contribution is 8.06. The first-order valence-corrected chi connectivity index (χ1v) is 8.62. The molecule has 1 fully saturated rings. The molecular weight excluding hydrogens is 296 g/mol. The van der Waals surface area contributed by atoms with Crippen LogP contribution in [0.4, 0.5) is 5.69 Å². The molecule has 0 aliphatic carbocycles. The van der Waals surface area contributed by atoms with E-state index in [1.54, 1.807) is 19.2 Å². The van der Waals surface area contributed by atoms with E-state index in [-0.39, 0.29) is 10.6 Å². The summed E-state index contributed by atoms with van der Waals surface area (Å²) in [6.45, 7) is 1.51. The maximum absolute atomic E-state index is 10.8. The van der Waals surface area contributed by atoms with Crippen molar-refractivity contribution in [1.82, 2.24) is 5.32 Å². The van der Waals surface area contributed by atoms with Crippen LogP contribution in [0.2, 0.25) is 0 Å². The van der Waals surface area contributed by atoms with Crippen molar-refractivity contribution < 1.29 is 9.66 Å². The molecule has 1 saturated heterocycles. The Bertz CT molecular complexity index is 465. The Morgan fingerprint density at radius 3 is 3.00 bits per heavy atom. The van der Waals surface area contributed by atoms with Crippen molar-refractivity contribution >= 4 is 29.2 Å². The van der Waals surface area contributed by atoms with Gasteiger partial charge in [-0.3, -0.25) is 10.1 Å². The number of nitrogens with one attached hydrogen (secondary N) is 1. The summed E-state index contributed by atoms with van der Waals surface area (Å²) in [6.07, 6.45) is 0. The van der Waals surface area contributed by atoms with Crippen LogP contribution in [0, 0.1) is 10.1 Å². The molecule has 1 aliphatic rings. The van der Waals surface area contributed by atoms with Gasteiger partial charge in [-0.15, -0.1) is 0 Å². The van der Waals surface area contributed by atoms with Crippen LogP contribution in [0.5, 0.6) is 5.75 Å². The zero-order valence-corrected chi connectivity index (χ0v) is 13.0. The second kappa shape index (κ2) is 7.75. The third-order valence-corrected chi connectivity index (χ3v) is 5.89. The Labute approximate surface area is 127 Å². The van der Waals surface area contributed by atoms with Crippen molar-refractivity contribution in [2.24, 2.45) is 0 Å². The van der Waals surface area contributed by atoms with Crippen LogP contribution in [0.1, 0.15) is 5.56 Å². The first-order chi connectivity index (χ1) is 9.70. The van der Waals surface area contributed by atoms with Crippen molar-refractivity contribution in [3.8, 4) is 5.75 Å². The van der Waals surface area contributed by atoms with Crippen LogP contribution in [-0.2, 0) is 6.54 Å². The molecule has 1 aliphatic heterocycles. The molecule has 7 heteroatoms. The lowest BCUT2D eigenvalue weighted by Crippen LogP contribution is -2.28. The van der Waals surface area contributed by atoms with E-state index >= 15 is 0 Å². The number of benzene rings is 1. The molecule has 110 valence electrons. The van der Waals surface area contributed by atoms with Gasteiger partial charge in [-0.05, 0) is 6.07 Å². The summed E-state index contributed by atoms with van der Waals surface area (Å²) in [5.41, 5.74) is 0.931. The number of methoxy groups -OCH3 is 1. The van der Waals surface area contributed by atoms with Crippen LogP contribution >= 0.6 is 23.5 Å². The summed E-state index contributed by atoms with van der Waals surface area (Å²) < 4.78 is 5.25. The average molecular weight is 314 g/mol. The van der Waals surface area contributed by atoms with E-state index in [0.29, 0.717) is 17.5 Å². The smallest absolute Gasteiger partial charge is 0.270 e. The molecule has 5 nitrogen and oxygen atoms in total. The molecule has 1 heterocycles. The quantitative estimate of drug-likeness (QED) is 0.643. The van der Waals surface area contributed by atoms with Gasteiger partial charge in [0.15, 0.2) is 0 Å². The normalized spacial score (nSPS) is 18.8. The maximum atomic E-state index is 10.8. The van der Waals surface area contributed by atoms with E-state index in [1.807, 2.05) is 23.5 Å². The van der Waals surface area contributed by atoms with Gasteiger partial charge in [-0.2, -0.15) is 23.5 Å². The highest BCUT2D eigenvalue weighted by atomic mass is 32.2. The fourth-order valence-corrected chi connectivity index (χ4v) is 4.69. The average Bonchev–Trinajstić information content (AvgIpc) is 2.48. The van der Waals surface area contributed by atoms with Crippen LogP contribution in [0.25, 0.3) is 0 Å². The predicted molar refractivity (Wildman–Crippen MR) is 84.9 cm³/mol. The zero-order chi connectivity index (χ0) is 14.4. The van der Waals surface area contributed by atoms with Gasteiger partial charge in [0.1, 0.15) is 5.75 Å². The first-order valence-electron chi connectivity index (χ1n) is 6.42. The van der Waals surface area contributed by atoms with Gasteiger partial charge < -0.3 is 10.1 Å². The van der Waals surface area contributed by atoms with Gasteiger partial charge >= 0.3 is 0 Å². The Morgan fingerprint density at radius 2 is 2.35 bits per heavy atom. The Balaban J connectivity index is 1.93. The van der Waals surface area contributed by atoms with Crippen molar-refractivity contribution in [3.05, 3.63) is 33.9 Å². The molecule has 1 unspecified atom stereocenters. The van der Waals surface area contributed by atoms with E-state index in [4.69, 9.17) is 4.74 Å². The lowest BCUT2D eigenvalue weighted by atomic mass is 10.1. The number of rotatable bonds is 6. The van der Waals surface area contributed by atoms with Crippen molar-refractivity contribution in [2.45, 2.75) is 11.8 Å². The fraction of sp³-hybridized carbons (Fsp3) is 0.538. The summed E-state index contributed by atoms with van der Waals surface area (Å²) in [6, 6.07) is 4.70. The predicted octanol–water partition coefficient (Wildman–Crippen LogP) is 2.54. The number of nitrogens with zero attached hydrogens (tertiary/aromatic N) is 1. The number of thioether (sulfide) groups is 2. The maximum Gasteiger partial charge on any atom is 0.270 e. The molecule has 1 atom stereocenters. The lowest BCUT2D eigenvalue weighted by molar-refractivity contribution is -0.384. The number of hydrogen-bond donors (Lipinski definition) is 1. The van der Waals surface area contributed by atoms with E-state index in [0.717, 1.165) is 12.1 Å². The molecule has 0 bridgehead atoms. The van der Waals surface area contributed by atoms with Gasteiger partial charge in [0.05, 0.1) is 12.0 Å². The molecule has 20 heavy (non-hydrogen) atoms. The molecule has 0 amide bonds. The van der Waals surface area contributed by atoms with E-state index < -0.39 is 0 Å². The second-order valence-corrected chi connectivity index (χ2v) is 7.01. The highest BCUT2D eigenvalue weighted by Crippen LogP contribution is 2.25. The third kappa shape index (κ3) is 4.29. The standard InChI is InChI=1S/C13H18N2O3S2/c1-18-13-3-2-11(15(16)17)6-10(13)7-14-8-12-9-19-4-5-20-12/h2-3,6,12,14H,4-5,7-9H2,1H3. The number of nitro benzene ring substituents is 1. The largest absolute Gasteiger partial charge is 0.496 e. The Hall–Kier alpha value is -0.920. The second-order valence-electron chi connectivity index (χ2n) is 4.45. The molecule has 0 radical (unpaired) electrons. The van der Waals surface area contributed by atoms with Crippen molar-refractivity contribution in [2.75, 3.05) is 30.9 Å². The van der Waals surface area contributed by atoms with Crippen LogP contribution < -0.4 is 10.1 Å². The zero-order valence-electron chi connectivity index (χ0n) is 11.3. The number of nitro groups is 1. The van der Waals surface area contributed by atoms with E-state index in [9.17, 15) is 10.1 Å². The van der Waals surface area contributed by atoms with Crippen molar-refractivity contribution in [3.63, 3.8) is 0 Å². The molecule has 2 rings (SSSR count). The minimum atomic E-state index is -0.378. The molecule has 0 aromatic heterocycles. The summed E-state index contributed by atoms with van der Waals surface area (Å²) >= 11 is 3.98. The van der Waals surface area contributed by atoms with Gasteiger partial charge in [-0.1, -0.05) is 0 Å². The minimum Gasteiger partial charge on any atom is -0.496 e. The summed E-state index contributed by atoms with van der Waals surface area (Å²) in [5, 5.41) is 14.8. The lowest BCUT2D eigenvalue weighted by Gasteiger charge is -2.21. The Morgan fingerprint density at radius 1 is 1.50 bits per heavy atom. The van der Waals surface area contributed by atoms with Gasteiger partial charge in [0.2, 0.25) is 0 Å². The monoisotopic (exact) mass is 314 g/mol. The van der Waals surface area contributed by atoms with E-state index in [2.05, 4.69) is 5.32 Å².